The molecule has 1 N–H and O–H groups in total. The summed E-state index contributed by atoms with van der Waals surface area (Å²) in [5.41, 5.74) is 0. The molecule has 0 atom stereocenters. The van der Waals surface area contributed by atoms with Crippen molar-refractivity contribution in [3.05, 3.63) is 0 Å². The lowest BCUT2D eigenvalue weighted by atomic mass is 13.5. The van der Waals surface area contributed by atoms with E-state index >= 15 is 0 Å². The molecule has 0 saturated heterocycles. The summed E-state index contributed by atoms with van der Waals surface area (Å²) in [4.78, 5) is 6.27. The van der Waals surface area contributed by atoms with Crippen molar-refractivity contribution >= 4 is 9.03 Å². The molecular weight excluding hydrogens is 109 g/mol. The fourth-order valence-electron chi connectivity index (χ4n) is 0.0288. The topological polar surface area (TPSA) is 60.3 Å². The van der Waals surface area contributed by atoms with Gasteiger partial charge in [0.1, 0.15) is 0 Å². The lowest BCUT2D eigenvalue weighted by Crippen LogP contribution is -1.82. The zero-order valence-electron chi connectivity index (χ0n) is 2.62. The lowest BCUT2D eigenvalue weighted by molar-refractivity contribution is -0.624. The molecule has 0 spiro atoms. The van der Waals surface area contributed by atoms with Crippen LogP contribution in [0.2, 0.25) is 0 Å². The first kappa shape index (κ1) is 5.94. The second-order valence-corrected chi connectivity index (χ2v) is 0.491. The van der Waals surface area contributed by atoms with Gasteiger partial charge in [0, 0.05) is 9.03 Å². The van der Waals surface area contributed by atoms with Crippen LogP contribution < -0.4 is 0 Å². The van der Waals surface area contributed by atoms with Crippen molar-refractivity contribution in [1.29, 1.82) is 0 Å². The molecule has 0 aliphatic rings. The van der Waals surface area contributed by atoms with E-state index in [-0.39, 0.29) is 0 Å². The monoisotopic (exact) mass is 111 g/mol. The van der Waals surface area contributed by atoms with Gasteiger partial charge in [-0.15, -0.1) is 0 Å². The summed E-state index contributed by atoms with van der Waals surface area (Å²) in [7, 11) is 2.48. The fourth-order valence-corrected chi connectivity index (χ4v) is 0.0593. The zero-order valence-corrected chi connectivity index (χ0v) is 3.62. The molecule has 0 radical (unpaired) electrons. The first-order chi connectivity index (χ1) is 2.91. The molecule has 5 nitrogen and oxygen atoms in total. The van der Waals surface area contributed by atoms with Gasteiger partial charge >= 0.3 is 0 Å². The van der Waals surface area contributed by atoms with E-state index in [1.54, 1.807) is 0 Å². The van der Waals surface area contributed by atoms with Gasteiger partial charge in [0.2, 0.25) is 0 Å². The highest BCUT2D eigenvalue weighted by Crippen LogP contribution is 1.78. The number of nitrogens with zero attached hydrogens (tertiary/aromatic N) is 1. The predicted octanol–water partition coefficient (Wildman–Crippen LogP) is 0.581. The van der Waals surface area contributed by atoms with E-state index in [0.717, 1.165) is 0 Å². The van der Waals surface area contributed by atoms with Crippen molar-refractivity contribution in [1.82, 2.24) is 0 Å². The molecule has 0 aliphatic carbocycles. The van der Waals surface area contributed by atoms with Crippen LogP contribution in [0.25, 0.3) is 0 Å². The number of hydrogen-bond acceptors (Lipinski definition) is 5. The Hall–Kier alpha value is -0.0600. The third-order valence-electron chi connectivity index (χ3n) is 0.0981. The predicted molar refractivity (Wildman–Crippen MR) is 16.6 cm³/mol. The van der Waals surface area contributed by atoms with Crippen LogP contribution in [0.15, 0.2) is 4.91 Å². The van der Waals surface area contributed by atoms with Gasteiger partial charge in [-0.2, -0.15) is 0 Å². The molecule has 0 aromatic rings. The molecular formula is H2NO4P. The van der Waals surface area contributed by atoms with Gasteiger partial charge in [0.05, 0.1) is 0 Å². The summed E-state index contributed by atoms with van der Waals surface area (Å²) >= 11 is 0. The largest absolute Gasteiger partial charge is 0.219 e. The maximum Gasteiger partial charge on any atom is 0.0268 e. The quantitative estimate of drug-likeness (QED) is 0.250. The molecule has 0 aromatic heterocycles. The van der Waals surface area contributed by atoms with Crippen LogP contribution in [0.4, 0.5) is 0 Å². The van der Waals surface area contributed by atoms with Gasteiger partial charge in [-0.1, -0.05) is 9.90 Å². The van der Waals surface area contributed by atoms with E-state index in [2.05, 4.69) is 29.0 Å². The maximum atomic E-state index is 7.27. The highest BCUT2D eigenvalue weighted by molar-refractivity contribution is 7.03. The minimum absolute atomic E-state index is 2.48. The van der Waals surface area contributed by atoms with E-state index in [4.69, 9.17) is 5.26 Å². The van der Waals surface area contributed by atoms with Crippen molar-refractivity contribution < 1.29 is 20.3 Å². The number of rotatable bonds is 3. The Kier molecular flexibility index (Phi) is 4.89. The van der Waals surface area contributed by atoms with Crippen LogP contribution >= 0.6 is 9.03 Å². The SMILES string of the molecule is OOOON=P. The van der Waals surface area contributed by atoms with E-state index in [0.29, 0.717) is 0 Å². The first-order valence-electron chi connectivity index (χ1n) is 0.922. The minimum Gasteiger partial charge on any atom is -0.219 e. The Bertz CT molecular complexity index is 36.5. The standard InChI is InChI=1S/H2NO4P/c2-4-5-3-1-6/h2,6H. The van der Waals surface area contributed by atoms with Gasteiger partial charge < -0.3 is 0 Å². The molecule has 6 heteroatoms. The van der Waals surface area contributed by atoms with E-state index in [1.807, 2.05) is 0 Å². The van der Waals surface area contributed by atoms with Crippen LogP contribution in [0.5, 0.6) is 0 Å². The summed E-state index contributed by atoms with van der Waals surface area (Å²) < 4.78 is 0. The molecule has 0 fully saturated rings. The Morgan fingerprint density at radius 1 is 1.67 bits per heavy atom. The van der Waals surface area contributed by atoms with Crippen molar-refractivity contribution in [2.24, 2.45) is 4.91 Å². The van der Waals surface area contributed by atoms with Gasteiger partial charge in [-0.3, -0.25) is 0 Å². The van der Waals surface area contributed by atoms with Gasteiger partial charge in [0.15, 0.2) is 0 Å². The summed E-state index contributed by atoms with van der Waals surface area (Å²) in [5.74, 6) is 0. The van der Waals surface area contributed by atoms with E-state index in [1.165, 1.54) is 0 Å². The maximum absolute atomic E-state index is 7.27. The van der Waals surface area contributed by atoms with Crippen LogP contribution in [-0.4, -0.2) is 5.26 Å². The zero-order chi connectivity index (χ0) is 4.83. The van der Waals surface area contributed by atoms with Crippen molar-refractivity contribution in [2.75, 3.05) is 0 Å². The van der Waals surface area contributed by atoms with Gasteiger partial charge in [0.25, 0.3) is 0 Å². The van der Waals surface area contributed by atoms with E-state index in [9.17, 15) is 0 Å². The van der Waals surface area contributed by atoms with Crippen molar-refractivity contribution in [2.45, 2.75) is 0 Å². The molecule has 0 saturated carbocycles. The highest BCUT2D eigenvalue weighted by Gasteiger charge is 1.72. The van der Waals surface area contributed by atoms with Crippen LogP contribution in [0.3, 0.4) is 0 Å². The molecule has 0 aromatic carbocycles. The molecule has 6 heavy (non-hydrogen) atoms. The van der Waals surface area contributed by atoms with Gasteiger partial charge in [-0.05, 0) is 10.1 Å². The first-order valence-corrected chi connectivity index (χ1v) is 1.37. The lowest BCUT2D eigenvalue weighted by Gasteiger charge is -1.81. The smallest absolute Gasteiger partial charge is 0.0268 e. The van der Waals surface area contributed by atoms with Crippen molar-refractivity contribution in [3.8, 4) is 0 Å². The van der Waals surface area contributed by atoms with Crippen LogP contribution in [0, 0.1) is 0 Å². The molecule has 0 aliphatic heterocycles. The van der Waals surface area contributed by atoms with E-state index < -0.39 is 0 Å². The van der Waals surface area contributed by atoms with Crippen molar-refractivity contribution in [3.63, 3.8) is 0 Å². The third-order valence-corrected chi connectivity index (χ3v) is 0.173. The summed E-state index contributed by atoms with van der Waals surface area (Å²) in [6.07, 6.45) is 0. The Labute approximate surface area is 35.5 Å². The highest BCUT2D eigenvalue weighted by atomic mass is 31.0. The Morgan fingerprint density at radius 2 is 2.33 bits per heavy atom. The number of hydrogen-bond donors (Lipinski definition) is 1. The Morgan fingerprint density at radius 3 is 2.50 bits per heavy atom. The normalized spacial score (nSPS) is 8.17. The third kappa shape index (κ3) is 3.94. The van der Waals surface area contributed by atoms with Crippen LogP contribution in [-0.2, 0) is 15.1 Å². The average Bonchev–Trinajstić information content (AvgIpc) is 1.61. The average molecular weight is 111 g/mol. The fraction of sp³-hybridized carbons (Fsp3) is 0. The summed E-state index contributed by atoms with van der Waals surface area (Å²) in [5, 5.41) is 13.5. The molecule has 0 amide bonds. The molecule has 0 unspecified atom stereocenters. The molecule has 0 heterocycles. The van der Waals surface area contributed by atoms with Gasteiger partial charge in [-0.25, -0.2) is 5.26 Å². The second-order valence-electron chi connectivity index (χ2n) is 0.308. The molecule has 36 valence electrons. The van der Waals surface area contributed by atoms with Crippen LogP contribution in [0.1, 0.15) is 0 Å². The summed E-state index contributed by atoms with van der Waals surface area (Å²) in [6.45, 7) is 0. The second kappa shape index (κ2) is 4.94. The Balaban J connectivity index is 2.49. The molecule has 0 bridgehead atoms. The molecule has 0 rings (SSSR count). The minimum atomic E-state index is 2.48. The summed E-state index contributed by atoms with van der Waals surface area (Å²) in [6, 6.07) is 0.